The second-order valence-corrected chi connectivity index (χ2v) is 9.62. The van der Waals surface area contributed by atoms with E-state index in [0.29, 0.717) is 11.0 Å². The van der Waals surface area contributed by atoms with E-state index in [1.807, 2.05) is 30.5 Å². The number of hydrogen-bond donors (Lipinski definition) is 0. The maximum atomic E-state index is 6.54. The van der Waals surface area contributed by atoms with Gasteiger partial charge in [0.2, 0.25) is 0 Å². The number of benzene rings is 2. The Morgan fingerprint density at radius 2 is 1.78 bits per heavy atom. The van der Waals surface area contributed by atoms with Crippen LogP contribution in [0.25, 0.3) is 10.2 Å². The van der Waals surface area contributed by atoms with Gasteiger partial charge < -0.3 is 4.74 Å². The summed E-state index contributed by atoms with van der Waals surface area (Å²) in [6.45, 7) is 4.44. The predicted octanol–water partition coefficient (Wildman–Crippen LogP) is 7.17. The fourth-order valence-corrected chi connectivity index (χ4v) is 5.80. The van der Waals surface area contributed by atoms with Crippen LogP contribution in [0.3, 0.4) is 0 Å². The lowest BCUT2D eigenvalue weighted by Gasteiger charge is -2.10. The van der Waals surface area contributed by atoms with E-state index >= 15 is 0 Å². The molecule has 0 N–H and O–H groups in total. The highest BCUT2D eigenvalue weighted by Crippen LogP contribution is 2.38. The Hall–Kier alpha value is -2.76. The van der Waals surface area contributed by atoms with Crippen molar-refractivity contribution in [3.63, 3.8) is 0 Å². The van der Waals surface area contributed by atoms with Gasteiger partial charge in [0, 0.05) is 11.1 Å². The summed E-state index contributed by atoms with van der Waals surface area (Å²) < 4.78 is 5.93. The summed E-state index contributed by atoms with van der Waals surface area (Å²) >= 11 is 8.29. The lowest BCUT2D eigenvalue weighted by atomic mass is 9.97. The zero-order valence-electron chi connectivity index (χ0n) is 18.2. The molecule has 2 heterocycles. The Balaban J connectivity index is 1.28. The minimum Gasteiger partial charge on any atom is -0.486 e. The molecule has 0 saturated carbocycles. The molecule has 0 fully saturated rings. The van der Waals surface area contributed by atoms with Crippen LogP contribution in [-0.2, 0) is 19.4 Å². The average Bonchev–Trinajstić information content (AvgIpc) is 3.17. The van der Waals surface area contributed by atoms with Gasteiger partial charge in [-0.25, -0.2) is 9.97 Å². The third-order valence-electron chi connectivity index (χ3n) is 5.85. The monoisotopic (exact) mass is 461 g/mol. The Morgan fingerprint density at radius 3 is 2.56 bits per heavy atom. The van der Waals surface area contributed by atoms with Crippen molar-refractivity contribution in [3.05, 3.63) is 80.6 Å². The van der Waals surface area contributed by atoms with E-state index < -0.39 is 0 Å². The highest BCUT2D eigenvalue weighted by Gasteiger charge is 2.20. The average molecular weight is 462 g/mol. The standard InChI is InChI=1S/C26H24ClN3OS/c1-16-6-5-7-17(2)24(16)28-14-18-10-12-19(13-11-18)31-15-22-29-25(27)23-20-8-3-4-9-21(20)32-26(23)30-22/h5-7,10-14H,3-4,8-9,15H2,1-2H3. The minimum absolute atomic E-state index is 0.286. The van der Waals surface area contributed by atoms with Crippen molar-refractivity contribution in [2.24, 2.45) is 4.99 Å². The van der Waals surface area contributed by atoms with Gasteiger partial charge in [0.15, 0.2) is 5.82 Å². The van der Waals surface area contributed by atoms with Crippen molar-refractivity contribution < 1.29 is 4.74 Å². The summed E-state index contributed by atoms with van der Waals surface area (Å²) in [5.41, 5.74) is 5.73. The Kier molecular flexibility index (Phi) is 5.94. The summed E-state index contributed by atoms with van der Waals surface area (Å²) in [7, 11) is 0. The van der Waals surface area contributed by atoms with Gasteiger partial charge >= 0.3 is 0 Å². The van der Waals surface area contributed by atoms with Crippen LogP contribution in [0.15, 0.2) is 47.5 Å². The number of halogens is 1. The van der Waals surface area contributed by atoms with Crippen molar-refractivity contribution in [1.82, 2.24) is 9.97 Å². The molecule has 4 aromatic rings. The molecule has 32 heavy (non-hydrogen) atoms. The van der Waals surface area contributed by atoms with Gasteiger partial charge in [0.05, 0.1) is 11.1 Å². The van der Waals surface area contributed by atoms with Gasteiger partial charge in [0.1, 0.15) is 22.3 Å². The van der Waals surface area contributed by atoms with E-state index in [-0.39, 0.29) is 6.61 Å². The summed E-state index contributed by atoms with van der Waals surface area (Å²) in [5.74, 6) is 1.38. The SMILES string of the molecule is Cc1cccc(C)c1N=Cc1ccc(OCc2nc(Cl)c3c4c(sc3n2)CCCC4)cc1. The van der Waals surface area contributed by atoms with E-state index in [4.69, 9.17) is 21.3 Å². The molecule has 2 aromatic heterocycles. The van der Waals surface area contributed by atoms with Crippen molar-refractivity contribution in [2.75, 3.05) is 0 Å². The fraction of sp³-hybridized carbons (Fsp3) is 0.269. The van der Waals surface area contributed by atoms with Crippen LogP contribution < -0.4 is 4.74 Å². The van der Waals surface area contributed by atoms with Crippen LogP contribution in [0.2, 0.25) is 5.15 Å². The number of fused-ring (bicyclic) bond motifs is 3. The molecule has 0 unspecified atom stereocenters. The summed E-state index contributed by atoms with van der Waals surface area (Å²) in [4.78, 5) is 16.3. The number of thiophene rings is 1. The van der Waals surface area contributed by atoms with Crippen molar-refractivity contribution in [2.45, 2.75) is 46.1 Å². The first kappa shape index (κ1) is 21.1. The topological polar surface area (TPSA) is 47.4 Å². The molecular weight excluding hydrogens is 438 g/mol. The molecule has 0 atom stereocenters. The van der Waals surface area contributed by atoms with Crippen LogP contribution >= 0.6 is 22.9 Å². The maximum Gasteiger partial charge on any atom is 0.169 e. The molecule has 1 aliphatic rings. The van der Waals surface area contributed by atoms with Crippen LogP contribution in [0.4, 0.5) is 5.69 Å². The Morgan fingerprint density at radius 1 is 1.03 bits per heavy atom. The van der Waals surface area contributed by atoms with Gasteiger partial charge in [-0.2, -0.15) is 0 Å². The number of aromatic nitrogens is 2. The normalized spacial score (nSPS) is 13.6. The van der Waals surface area contributed by atoms with Gasteiger partial charge in [-0.05, 0) is 86.1 Å². The lowest BCUT2D eigenvalue weighted by molar-refractivity contribution is 0.296. The number of para-hydroxylation sites is 1. The molecule has 0 amide bonds. The number of hydrogen-bond acceptors (Lipinski definition) is 5. The lowest BCUT2D eigenvalue weighted by Crippen LogP contribution is -2.03. The molecule has 0 aliphatic heterocycles. The smallest absolute Gasteiger partial charge is 0.169 e. The molecule has 1 aliphatic carbocycles. The Labute approximate surface area is 197 Å². The number of aryl methyl sites for hydroxylation is 4. The molecule has 0 spiro atoms. The number of aliphatic imine (C=N–C) groups is 1. The quantitative estimate of drug-likeness (QED) is 0.234. The third kappa shape index (κ3) is 4.27. The zero-order valence-corrected chi connectivity index (χ0v) is 19.8. The highest BCUT2D eigenvalue weighted by atomic mass is 35.5. The summed E-state index contributed by atoms with van der Waals surface area (Å²) in [5, 5.41) is 1.59. The summed E-state index contributed by atoms with van der Waals surface area (Å²) in [6.07, 6.45) is 6.54. The van der Waals surface area contributed by atoms with E-state index in [1.165, 1.54) is 34.4 Å². The van der Waals surface area contributed by atoms with Crippen molar-refractivity contribution in [3.8, 4) is 5.75 Å². The maximum absolute atomic E-state index is 6.54. The fourth-order valence-electron chi connectivity index (χ4n) is 4.17. The van der Waals surface area contributed by atoms with Gasteiger partial charge in [-0.15, -0.1) is 11.3 Å². The molecule has 4 nitrogen and oxygen atoms in total. The van der Waals surface area contributed by atoms with Crippen molar-refractivity contribution in [1.29, 1.82) is 0 Å². The van der Waals surface area contributed by atoms with Crippen LogP contribution in [0.1, 0.15) is 45.8 Å². The zero-order chi connectivity index (χ0) is 22.1. The van der Waals surface area contributed by atoms with Crippen molar-refractivity contribution >= 4 is 45.1 Å². The molecule has 162 valence electrons. The second kappa shape index (κ2) is 9.00. The first-order chi connectivity index (χ1) is 15.6. The van der Waals surface area contributed by atoms with Gasteiger partial charge in [-0.1, -0.05) is 29.8 Å². The first-order valence-corrected chi connectivity index (χ1v) is 12.1. The minimum atomic E-state index is 0.286. The predicted molar refractivity (Wildman–Crippen MR) is 133 cm³/mol. The van der Waals surface area contributed by atoms with E-state index in [2.05, 4.69) is 42.0 Å². The molecule has 2 aromatic carbocycles. The number of ether oxygens (including phenoxy) is 1. The van der Waals surface area contributed by atoms with E-state index in [0.717, 1.165) is 40.1 Å². The second-order valence-electron chi connectivity index (χ2n) is 8.18. The molecule has 5 rings (SSSR count). The summed E-state index contributed by atoms with van der Waals surface area (Å²) in [6, 6.07) is 14.1. The third-order valence-corrected chi connectivity index (χ3v) is 7.31. The van der Waals surface area contributed by atoms with Gasteiger partial charge in [0.25, 0.3) is 0 Å². The van der Waals surface area contributed by atoms with Gasteiger partial charge in [-0.3, -0.25) is 4.99 Å². The van der Waals surface area contributed by atoms with Crippen LogP contribution in [0.5, 0.6) is 5.75 Å². The molecular formula is C26H24ClN3OS. The first-order valence-electron chi connectivity index (χ1n) is 10.9. The highest BCUT2D eigenvalue weighted by molar-refractivity contribution is 7.19. The van der Waals surface area contributed by atoms with E-state index in [9.17, 15) is 0 Å². The van der Waals surface area contributed by atoms with Crippen LogP contribution in [0, 0.1) is 13.8 Å². The molecule has 0 bridgehead atoms. The largest absolute Gasteiger partial charge is 0.486 e. The number of nitrogens with zero attached hydrogens (tertiary/aromatic N) is 3. The number of rotatable bonds is 5. The Bertz CT molecular complexity index is 1290. The molecule has 6 heteroatoms. The molecule has 0 radical (unpaired) electrons. The van der Waals surface area contributed by atoms with E-state index in [1.54, 1.807) is 11.3 Å². The van der Waals surface area contributed by atoms with Crippen LogP contribution in [-0.4, -0.2) is 16.2 Å². The molecule has 0 saturated heterocycles.